The molecule has 0 bridgehead atoms. The van der Waals surface area contributed by atoms with E-state index in [4.69, 9.17) is 10.8 Å². The molecule has 0 radical (unpaired) electrons. The molecule has 2 rings (SSSR count). The maximum atomic E-state index is 12.9. The minimum absolute atomic E-state index is 0.0736. The number of likely N-dealkylation sites (tertiary alicyclic amines) is 1. The lowest BCUT2D eigenvalue weighted by atomic mass is 9.96. The van der Waals surface area contributed by atoms with Crippen LogP contribution in [0.3, 0.4) is 0 Å². The summed E-state index contributed by atoms with van der Waals surface area (Å²) in [5, 5.41) is 8.91. The summed E-state index contributed by atoms with van der Waals surface area (Å²) in [6, 6.07) is 5.98. The van der Waals surface area contributed by atoms with Crippen molar-refractivity contribution in [2.24, 2.45) is 11.8 Å². The van der Waals surface area contributed by atoms with Crippen molar-refractivity contribution >= 4 is 17.6 Å². The van der Waals surface area contributed by atoms with Crippen LogP contribution in [0, 0.1) is 11.8 Å². The van der Waals surface area contributed by atoms with Gasteiger partial charge < -0.3 is 15.7 Å². The van der Waals surface area contributed by atoms with Gasteiger partial charge in [0.15, 0.2) is 0 Å². The first kappa shape index (κ1) is 15.1. The predicted octanol–water partition coefficient (Wildman–Crippen LogP) is 1.60. The molecule has 1 aliphatic heterocycles. The molecule has 8 heteroatoms. The first-order chi connectivity index (χ1) is 9.71. The van der Waals surface area contributed by atoms with E-state index in [1.807, 2.05) is 0 Å². The number of carbonyl (C=O) groups is 2. The lowest BCUT2D eigenvalue weighted by molar-refractivity contribution is -0.187. The molecule has 21 heavy (non-hydrogen) atoms. The number of carboxylic acids is 1. The average molecular weight is 302 g/mol. The Morgan fingerprint density at radius 2 is 1.86 bits per heavy atom. The lowest BCUT2D eigenvalue weighted by Gasteiger charge is -2.18. The number of nitrogens with zero attached hydrogens (tertiary/aromatic N) is 1. The molecule has 1 heterocycles. The van der Waals surface area contributed by atoms with Crippen molar-refractivity contribution in [2.45, 2.75) is 6.18 Å². The summed E-state index contributed by atoms with van der Waals surface area (Å²) in [5.41, 5.74) is 5.83. The lowest BCUT2D eigenvalue weighted by Crippen LogP contribution is -2.34. The third kappa shape index (κ3) is 2.93. The summed E-state index contributed by atoms with van der Waals surface area (Å²) in [4.78, 5) is 24.1. The second-order valence-electron chi connectivity index (χ2n) is 4.89. The van der Waals surface area contributed by atoms with Crippen LogP contribution in [0.1, 0.15) is 10.4 Å². The molecule has 1 aromatic carbocycles. The molecule has 5 nitrogen and oxygen atoms in total. The molecule has 0 spiro atoms. The van der Waals surface area contributed by atoms with Gasteiger partial charge in [0.1, 0.15) is 0 Å². The first-order valence-corrected chi connectivity index (χ1v) is 6.15. The van der Waals surface area contributed by atoms with E-state index in [1.165, 1.54) is 18.2 Å². The minimum Gasteiger partial charge on any atom is -0.481 e. The molecule has 0 aromatic heterocycles. The maximum Gasteiger partial charge on any atom is 0.394 e. The summed E-state index contributed by atoms with van der Waals surface area (Å²) in [6.07, 6.45) is -4.67. The van der Waals surface area contributed by atoms with E-state index >= 15 is 0 Å². The van der Waals surface area contributed by atoms with Crippen LogP contribution in [0.15, 0.2) is 24.3 Å². The monoisotopic (exact) mass is 302 g/mol. The predicted molar refractivity (Wildman–Crippen MR) is 67.4 cm³/mol. The molecule has 1 aromatic rings. The summed E-state index contributed by atoms with van der Waals surface area (Å²) < 4.78 is 38.6. The van der Waals surface area contributed by atoms with Gasteiger partial charge in [0, 0.05) is 18.8 Å². The highest BCUT2D eigenvalue weighted by Crippen LogP contribution is 2.38. The maximum absolute atomic E-state index is 12.9. The number of halogens is 3. The van der Waals surface area contributed by atoms with Gasteiger partial charge in [0.25, 0.3) is 5.91 Å². The summed E-state index contributed by atoms with van der Waals surface area (Å²) in [7, 11) is 0. The quantitative estimate of drug-likeness (QED) is 0.813. The number of hydrogen-bond acceptors (Lipinski definition) is 3. The van der Waals surface area contributed by atoms with E-state index in [0.717, 1.165) is 4.90 Å². The van der Waals surface area contributed by atoms with Crippen LogP contribution in [-0.2, 0) is 4.79 Å². The van der Waals surface area contributed by atoms with Crippen LogP contribution in [-0.4, -0.2) is 41.1 Å². The fourth-order valence-corrected chi connectivity index (χ4v) is 2.41. The number of amides is 1. The molecule has 0 saturated carbocycles. The van der Waals surface area contributed by atoms with E-state index in [9.17, 15) is 22.8 Å². The zero-order valence-electron chi connectivity index (χ0n) is 10.8. The van der Waals surface area contributed by atoms with Gasteiger partial charge in [-0.15, -0.1) is 0 Å². The Morgan fingerprint density at radius 1 is 1.24 bits per heavy atom. The molecule has 1 fully saturated rings. The zero-order valence-corrected chi connectivity index (χ0v) is 10.8. The van der Waals surface area contributed by atoms with Crippen molar-refractivity contribution < 1.29 is 27.9 Å². The van der Waals surface area contributed by atoms with Crippen molar-refractivity contribution in [3.8, 4) is 0 Å². The highest BCUT2D eigenvalue weighted by Gasteiger charge is 2.53. The Labute approximate surface area is 118 Å². The fourth-order valence-electron chi connectivity index (χ4n) is 2.41. The Balaban J connectivity index is 2.25. The highest BCUT2D eigenvalue weighted by atomic mass is 19.4. The van der Waals surface area contributed by atoms with E-state index in [1.54, 1.807) is 6.07 Å². The van der Waals surface area contributed by atoms with Gasteiger partial charge in [-0.1, -0.05) is 12.1 Å². The van der Waals surface area contributed by atoms with Gasteiger partial charge in [-0.2, -0.15) is 13.2 Å². The molecule has 0 aliphatic carbocycles. The van der Waals surface area contributed by atoms with Crippen LogP contribution in [0.25, 0.3) is 0 Å². The summed E-state index contributed by atoms with van der Waals surface area (Å²) >= 11 is 0. The van der Waals surface area contributed by atoms with Crippen LogP contribution < -0.4 is 5.73 Å². The number of carbonyl (C=O) groups excluding carboxylic acids is 1. The number of anilines is 1. The van der Waals surface area contributed by atoms with Crippen molar-refractivity contribution in [2.75, 3.05) is 18.8 Å². The molecule has 1 saturated heterocycles. The molecule has 1 amide bonds. The number of benzene rings is 1. The SMILES string of the molecule is Nc1ccccc1C(=O)N1C[C@@H](C(F)(F)F)[C@H](C(=O)O)C1. The van der Waals surface area contributed by atoms with E-state index < -0.39 is 43.0 Å². The fraction of sp³-hybridized carbons (Fsp3) is 0.385. The van der Waals surface area contributed by atoms with Crippen LogP contribution in [0.5, 0.6) is 0 Å². The van der Waals surface area contributed by atoms with Gasteiger partial charge in [-0.3, -0.25) is 9.59 Å². The molecule has 0 unspecified atom stereocenters. The standard InChI is InChI=1S/C13H13F3N2O3/c14-13(15,16)9-6-18(5-8(9)12(20)21)11(19)7-3-1-2-4-10(7)17/h1-4,8-9H,5-6,17H2,(H,20,21)/t8-,9-/m1/s1. The second kappa shape index (κ2) is 5.27. The van der Waals surface area contributed by atoms with Crippen LogP contribution in [0.4, 0.5) is 18.9 Å². The van der Waals surface area contributed by atoms with Crippen LogP contribution in [0.2, 0.25) is 0 Å². The van der Waals surface area contributed by atoms with Crippen molar-refractivity contribution in [1.29, 1.82) is 0 Å². The topological polar surface area (TPSA) is 83.6 Å². The van der Waals surface area contributed by atoms with E-state index in [2.05, 4.69) is 0 Å². The first-order valence-electron chi connectivity index (χ1n) is 6.15. The Hall–Kier alpha value is -2.25. The largest absolute Gasteiger partial charge is 0.481 e. The molecular weight excluding hydrogens is 289 g/mol. The van der Waals surface area contributed by atoms with E-state index in [-0.39, 0.29) is 11.3 Å². The zero-order chi connectivity index (χ0) is 15.8. The van der Waals surface area contributed by atoms with Crippen molar-refractivity contribution in [3.05, 3.63) is 29.8 Å². The van der Waals surface area contributed by atoms with Gasteiger partial charge >= 0.3 is 12.1 Å². The third-order valence-corrected chi connectivity index (χ3v) is 3.54. The number of carboxylic acid groups (broad SMARTS) is 1. The number of nitrogen functional groups attached to an aromatic ring is 1. The second-order valence-corrected chi connectivity index (χ2v) is 4.89. The minimum atomic E-state index is -4.67. The summed E-state index contributed by atoms with van der Waals surface area (Å²) in [6.45, 7) is -1.15. The number of aliphatic carboxylic acids is 1. The number of nitrogens with two attached hydrogens (primary N) is 1. The Kier molecular flexibility index (Phi) is 3.80. The van der Waals surface area contributed by atoms with Gasteiger partial charge in [0.2, 0.25) is 0 Å². The van der Waals surface area contributed by atoms with Crippen LogP contribution >= 0.6 is 0 Å². The van der Waals surface area contributed by atoms with Gasteiger partial charge in [-0.05, 0) is 12.1 Å². The third-order valence-electron chi connectivity index (χ3n) is 3.54. The Morgan fingerprint density at radius 3 is 2.33 bits per heavy atom. The van der Waals surface area contributed by atoms with Crippen molar-refractivity contribution in [3.63, 3.8) is 0 Å². The molecule has 3 N–H and O–H groups in total. The molecule has 2 atom stereocenters. The highest BCUT2D eigenvalue weighted by molar-refractivity contribution is 5.99. The van der Waals surface area contributed by atoms with Crippen molar-refractivity contribution in [1.82, 2.24) is 4.90 Å². The average Bonchev–Trinajstić information content (AvgIpc) is 2.83. The van der Waals surface area contributed by atoms with Gasteiger partial charge in [0.05, 0.1) is 17.4 Å². The Bertz CT molecular complexity index is 574. The number of alkyl halides is 3. The normalized spacial score (nSPS) is 22.3. The summed E-state index contributed by atoms with van der Waals surface area (Å²) in [5.74, 6) is -5.97. The van der Waals surface area contributed by atoms with Gasteiger partial charge in [-0.25, -0.2) is 0 Å². The molecular formula is C13H13F3N2O3. The van der Waals surface area contributed by atoms with E-state index in [0.29, 0.717) is 0 Å². The molecule has 1 aliphatic rings. The number of rotatable bonds is 2. The number of hydrogen-bond donors (Lipinski definition) is 2. The smallest absolute Gasteiger partial charge is 0.394 e. The molecule has 114 valence electrons. The number of para-hydroxylation sites is 1.